The molecule has 0 radical (unpaired) electrons. The molecule has 1 aromatic rings. The van der Waals surface area contributed by atoms with Crippen LogP contribution in [0.15, 0.2) is 18.3 Å². The Bertz CT molecular complexity index is 593. The first-order valence-electron chi connectivity index (χ1n) is 7.30. The van der Waals surface area contributed by atoms with Crippen LogP contribution in [0.5, 0.6) is 0 Å². The van der Waals surface area contributed by atoms with Crippen molar-refractivity contribution in [2.24, 2.45) is 7.05 Å². The number of carbonyl (C=O) groups is 3. The van der Waals surface area contributed by atoms with Gasteiger partial charge in [-0.1, -0.05) is 0 Å². The van der Waals surface area contributed by atoms with Crippen LogP contribution in [0.2, 0.25) is 0 Å². The van der Waals surface area contributed by atoms with E-state index in [2.05, 4.69) is 0 Å². The predicted molar refractivity (Wildman–Crippen MR) is 75.7 cm³/mol. The van der Waals surface area contributed by atoms with Crippen molar-refractivity contribution in [3.63, 3.8) is 0 Å². The SMILES string of the molecule is Cn1cccc1C(=O)CN1CC(=O)N2CCCCC2C1=O. The number of rotatable bonds is 3. The number of nitrogens with zero attached hydrogens (tertiary/aromatic N) is 3. The fraction of sp³-hybridized carbons (Fsp3) is 0.533. The largest absolute Gasteiger partial charge is 0.348 e. The van der Waals surface area contributed by atoms with Crippen LogP contribution in [0.1, 0.15) is 29.8 Å². The minimum Gasteiger partial charge on any atom is -0.348 e. The maximum absolute atomic E-state index is 12.5. The zero-order chi connectivity index (χ0) is 15.0. The molecule has 0 N–H and O–H groups in total. The molecule has 2 saturated heterocycles. The number of carbonyl (C=O) groups excluding carboxylic acids is 3. The molecule has 3 heterocycles. The molecular formula is C15H19N3O3. The summed E-state index contributed by atoms with van der Waals surface area (Å²) >= 11 is 0. The molecule has 3 rings (SSSR count). The molecule has 1 atom stereocenters. The van der Waals surface area contributed by atoms with E-state index in [1.807, 2.05) is 0 Å². The third-order valence-electron chi connectivity index (χ3n) is 4.31. The first-order chi connectivity index (χ1) is 10.1. The van der Waals surface area contributed by atoms with Crippen LogP contribution in [0.25, 0.3) is 0 Å². The Labute approximate surface area is 123 Å². The Hall–Kier alpha value is -2.11. The molecule has 6 heteroatoms. The Kier molecular flexibility index (Phi) is 3.53. The number of piperidine rings is 1. The number of ketones is 1. The number of hydrogen-bond acceptors (Lipinski definition) is 3. The third-order valence-corrected chi connectivity index (χ3v) is 4.31. The lowest BCUT2D eigenvalue weighted by molar-refractivity contribution is -0.157. The summed E-state index contributed by atoms with van der Waals surface area (Å²) in [5.74, 6) is -0.260. The lowest BCUT2D eigenvalue weighted by atomic mass is 9.98. The lowest BCUT2D eigenvalue weighted by Crippen LogP contribution is -2.61. The second-order valence-corrected chi connectivity index (χ2v) is 5.72. The van der Waals surface area contributed by atoms with Gasteiger partial charge in [0.1, 0.15) is 12.6 Å². The van der Waals surface area contributed by atoms with E-state index >= 15 is 0 Å². The van der Waals surface area contributed by atoms with Gasteiger partial charge in [0.25, 0.3) is 0 Å². The van der Waals surface area contributed by atoms with Gasteiger partial charge in [0, 0.05) is 19.8 Å². The summed E-state index contributed by atoms with van der Waals surface area (Å²) in [6.07, 6.45) is 4.41. The summed E-state index contributed by atoms with van der Waals surface area (Å²) in [6, 6.07) is 3.16. The summed E-state index contributed by atoms with van der Waals surface area (Å²) in [4.78, 5) is 40.0. The van der Waals surface area contributed by atoms with Crippen molar-refractivity contribution in [2.75, 3.05) is 19.6 Å². The average molecular weight is 289 g/mol. The molecule has 6 nitrogen and oxygen atoms in total. The average Bonchev–Trinajstić information content (AvgIpc) is 2.91. The summed E-state index contributed by atoms with van der Waals surface area (Å²) in [6.45, 7) is 0.660. The molecule has 0 bridgehead atoms. The van der Waals surface area contributed by atoms with Crippen LogP contribution in [0, 0.1) is 0 Å². The smallest absolute Gasteiger partial charge is 0.246 e. The third kappa shape index (κ3) is 2.46. The van der Waals surface area contributed by atoms with Crippen molar-refractivity contribution in [3.8, 4) is 0 Å². The van der Waals surface area contributed by atoms with E-state index < -0.39 is 0 Å². The molecule has 2 aliphatic heterocycles. The van der Waals surface area contributed by atoms with Crippen molar-refractivity contribution in [2.45, 2.75) is 25.3 Å². The van der Waals surface area contributed by atoms with E-state index in [0.29, 0.717) is 18.7 Å². The number of Topliss-reactive ketones (excluding diaryl/α,β-unsaturated/α-hetero) is 1. The first-order valence-corrected chi connectivity index (χ1v) is 7.30. The number of fused-ring (bicyclic) bond motifs is 1. The fourth-order valence-corrected chi connectivity index (χ4v) is 3.17. The van der Waals surface area contributed by atoms with E-state index in [1.165, 1.54) is 4.90 Å². The maximum atomic E-state index is 12.5. The van der Waals surface area contributed by atoms with Gasteiger partial charge in [-0.15, -0.1) is 0 Å². The van der Waals surface area contributed by atoms with Crippen LogP contribution in [-0.4, -0.2) is 57.6 Å². The summed E-state index contributed by atoms with van der Waals surface area (Å²) < 4.78 is 1.73. The number of aryl methyl sites for hydroxylation is 1. The maximum Gasteiger partial charge on any atom is 0.246 e. The Balaban J connectivity index is 1.74. The minimum absolute atomic E-state index is 0.0193. The van der Waals surface area contributed by atoms with Gasteiger partial charge in [-0.05, 0) is 31.4 Å². The fourth-order valence-electron chi connectivity index (χ4n) is 3.17. The highest BCUT2D eigenvalue weighted by atomic mass is 16.2. The summed E-state index contributed by atoms with van der Waals surface area (Å²) in [5, 5.41) is 0. The van der Waals surface area contributed by atoms with Crippen molar-refractivity contribution in [3.05, 3.63) is 24.0 Å². The van der Waals surface area contributed by atoms with Gasteiger partial charge in [0.05, 0.1) is 12.2 Å². The van der Waals surface area contributed by atoms with Gasteiger partial charge >= 0.3 is 0 Å². The van der Waals surface area contributed by atoms with Gasteiger partial charge in [-0.3, -0.25) is 14.4 Å². The quantitative estimate of drug-likeness (QED) is 0.758. The first kappa shape index (κ1) is 13.9. The van der Waals surface area contributed by atoms with E-state index in [9.17, 15) is 14.4 Å². The van der Waals surface area contributed by atoms with E-state index in [1.54, 1.807) is 34.8 Å². The molecule has 0 saturated carbocycles. The number of hydrogen-bond donors (Lipinski definition) is 0. The highest BCUT2D eigenvalue weighted by molar-refractivity contribution is 6.01. The molecule has 2 fully saturated rings. The van der Waals surface area contributed by atoms with Crippen LogP contribution in [0.3, 0.4) is 0 Å². The topological polar surface area (TPSA) is 62.6 Å². The zero-order valence-electron chi connectivity index (χ0n) is 12.1. The normalized spacial score (nSPS) is 22.4. The summed E-state index contributed by atoms with van der Waals surface area (Å²) in [5.41, 5.74) is 0.557. The number of piperazine rings is 1. The Morgan fingerprint density at radius 3 is 2.86 bits per heavy atom. The molecular weight excluding hydrogens is 270 g/mol. The van der Waals surface area contributed by atoms with Gasteiger partial charge in [0.2, 0.25) is 11.8 Å². The van der Waals surface area contributed by atoms with Crippen molar-refractivity contribution >= 4 is 17.6 Å². The second kappa shape index (κ2) is 5.35. The summed E-state index contributed by atoms with van der Waals surface area (Å²) in [7, 11) is 1.79. The van der Waals surface area contributed by atoms with E-state index in [4.69, 9.17) is 0 Å². The molecule has 0 spiro atoms. The van der Waals surface area contributed by atoms with Crippen molar-refractivity contribution < 1.29 is 14.4 Å². The predicted octanol–water partition coefficient (Wildman–Crippen LogP) is 0.431. The van der Waals surface area contributed by atoms with Crippen LogP contribution in [-0.2, 0) is 16.6 Å². The molecule has 1 unspecified atom stereocenters. The molecule has 112 valence electrons. The molecule has 0 aromatic carbocycles. The van der Waals surface area contributed by atoms with Gasteiger partial charge in [0.15, 0.2) is 5.78 Å². The Morgan fingerprint density at radius 2 is 2.14 bits per heavy atom. The molecule has 2 aliphatic rings. The van der Waals surface area contributed by atoms with E-state index in [0.717, 1.165) is 12.8 Å². The number of aromatic nitrogens is 1. The lowest BCUT2D eigenvalue weighted by Gasteiger charge is -2.42. The van der Waals surface area contributed by atoms with Gasteiger partial charge in [-0.2, -0.15) is 0 Å². The zero-order valence-corrected chi connectivity index (χ0v) is 12.1. The highest BCUT2D eigenvalue weighted by Gasteiger charge is 2.40. The molecule has 21 heavy (non-hydrogen) atoms. The van der Waals surface area contributed by atoms with E-state index in [-0.39, 0.29) is 36.7 Å². The van der Waals surface area contributed by atoms with Gasteiger partial charge < -0.3 is 14.4 Å². The second-order valence-electron chi connectivity index (χ2n) is 5.72. The van der Waals surface area contributed by atoms with Crippen LogP contribution in [0.4, 0.5) is 0 Å². The van der Waals surface area contributed by atoms with Crippen molar-refractivity contribution in [1.29, 1.82) is 0 Å². The monoisotopic (exact) mass is 289 g/mol. The minimum atomic E-state index is -0.360. The molecule has 1 aromatic heterocycles. The van der Waals surface area contributed by atoms with Crippen LogP contribution >= 0.6 is 0 Å². The Morgan fingerprint density at radius 1 is 1.33 bits per heavy atom. The van der Waals surface area contributed by atoms with Crippen molar-refractivity contribution in [1.82, 2.24) is 14.4 Å². The van der Waals surface area contributed by atoms with Gasteiger partial charge in [-0.25, -0.2) is 0 Å². The van der Waals surface area contributed by atoms with Crippen LogP contribution < -0.4 is 0 Å². The standard InChI is InChI=1S/C15H19N3O3/c1-16-7-4-6-11(16)13(19)9-17-10-14(20)18-8-3-2-5-12(18)15(17)21/h4,6-7,12H,2-3,5,8-10H2,1H3. The number of amides is 2. The molecule has 2 amide bonds. The molecule has 0 aliphatic carbocycles. The highest BCUT2D eigenvalue weighted by Crippen LogP contribution is 2.23.